The fraction of sp³-hybridized carbons (Fsp3) is 0.447. The SMILES string of the molecule is C[N+]1=C(C=CC=CC=C2N(CCCCCC(=O)NCCCCO)c3ccc([S-](=O)=O)cc3C2(C)C)C(C)(C)c2cc(S(=O)(=O)[O-])ccc21.C[N+]1=C(C=CC=CC=C2N(CCCCCC(=O)ON3C(=O)CCC3=O)c3ccc([S-](=O)=O)cc3C2(C)C)C(C)(C)c2cc(S(=O)(=O)[O-])ccc21.NCCCCO.[Na+].[Na+].[OH-].[OH-]. The van der Waals surface area contributed by atoms with E-state index >= 15 is 0 Å². The first kappa shape index (κ1) is 96.1. The van der Waals surface area contributed by atoms with Crippen LogP contribution in [0.4, 0.5) is 22.7 Å². The Morgan fingerprint density at radius 3 is 1.33 bits per heavy atom. The van der Waals surface area contributed by atoms with Gasteiger partial charge in [0.05, 0.1) is 20.6 Å². The Labute approximate surface area is 682 Å². The number of anilines is 2. The molecule has 5 aliphatic heterocycles. The van der Waals surface area contributed by atoms with Crippen LogP contribution in [0.5, 0.6) is 0 Å². The second-order valence-electron chi connectivity index (χ2n) is 28.0. The van der Waals surface area contributed by atoms with E-state index < -0.39 is 81.1 Å². The maximum absolute atomic E-state index is 12.2. The molecule has 0 bridgehead atoms. The Hall–Kier alpha value is -6.14. The van der Waals surface area contributed by atoms with Crippen molar-refractivity contribution in [1.29, 1.82) is 0 Å². The Morgan fingerprint density at radius 2 is 0.954 bits per heavy atom. The number of fused-ring (bicyclic) bond motifs is 4. The Balaban J connectivity index is 0.000000503. The molecule has 580 valence electrons. The van der Waals surface area contributed by atoms with Gasteiger partial charge < -0.3 is 72.8 Å². The molecule has 1 saturated heterocycles. The molecule has 0 unspecified atom stereocenters. The number of amides is 3. The number of benzene rings is 4. The first-order valence-electron chi connectivity index (χ1n) is 34.8. The molecule has 26 nitrogen and oxygen atoms in total. The van der Waals surface area contributed by atoms with Crippen molar-refractivity contribution in [2.24, 2.45) is 5.73 Å². The van der Waals surface area contributed by atoms with Gasteiger partial charge >= 0.3 is 65.1 Å². The van der Waals surface area contributed by atoms with Gasteiger partial charge in [0.15, 0.2) is 11.4 Å². The van der Waals surface area contributed by atoms with Crippen molar-refractivity contribution in [3.63, 3.8) is 0 Å². The van der Waals surface area contributed by atoms with Crippen LogP contribution in [-0.2, 0) is 104 Å². The molecule has 0 aromatic heterocycles. The second-order valence-corrected chi connectivity index (χ2v) is 32.7. The minimum atomic E-state index is -4.59. The first-order chi connectivity index (χ1) is 49.0. The number of allylic oxidation sites excluding steroid dienone is 12. The summed E-state index contributed by atoms with van der Waals surface area (Å²) < 4.78 is 121. The largest absolute Gasteiger partial charge is 1.00 e. The van der Waals surface area contributed by atoms with Crippen molar-refractivity contribution in [2.75, 3.05) is 63.3 Å². The van der Waals surface area contributed by atoms with Gasteiger partial charge in [0.25, 0.3) is 11.8 Å². The van der Waals surface area contributed by atoms with Crippen molar-refractivity contribution >= 4 is 99.5 Å². The maximum atomic E-state index is 12.2. The van der Waals surface area contributed by atoms with E-state index in [9.17, 15) is 62.0 Å². The van der Waals surface area contributed by atoms with E-state index in [2.05, 4.69) is 29.0 Å². The molecule has 0 aliphatic carbocycles. The molecule has 9 rings (SSSR count). The smallest absolute Gasteiger partial charge is 0.870 e. The number of rotatable bonds is 30. The zero-order chi connectivity index (χ0) is 76.7. The number of carbonyl (C=O) groups excluding carboxylic acids is 4. The molecule has 108 heavy (non-hydrogen) atoms. The molecule has 7 N–H and O–H groups in total. The second kappa shape index (κ2) is 41.9. The molecule has 32 heteroatoms. The van der Waals surface area contributed by atoms with Gasteiger partial charge in [0.1, 0.15) is 34.3 Å². The quantitative estimate of drug-likeness (QED) is 0.0108. The average molecular weight is 1590 g/mol. The van der Waals surface area contributed by atoms with E-state index in [1.165, 1.54) is 24.3 Å². The average Bonchev–Trinajstić information content (AvgIpc) is 1.62. The number of hydrogen-bond donors (Lipinski definition) is 4. The molecular formula is C76H99N7Na2O19S4-2. The van der Waals surface area contributed by atoms with Gasteiger partial charge in [0, 0.05) is 128 Å². The van der Waals surface area contributed by atoms with Crippen LogP contribution in [-0.4, -0.2) is 150 Å². The number of nitrogens with two attached hydrogens (primary N) is 1. The minimum Gasteiger partial charge on any atom is -0.870 e. The van der Waals surface area contributed by atoms with Gasteiger partial charge in [0.2, 0.25) is 17.3 Å². The van der Waals surface area contributed by atoms with Gasteiger partial charge in [-0.2, -0.15) is 9.15 Å². The molecule has 0 atom stereocenters. The Kier molecular flexibility index (Phi) is 37.3. The van der Waals surface area contributed by atoms with E-state index in [4.69, 9.17) is 20.8 Å². The maximum Gasteiger partial charge on any atom is 1.00 e. The third-order valence-corrected chi connectivity index (χ3v) is 22.4. The summed E-state index contributed by atoms with van der Waals surface area (Å²) in [7, 11) is -10.1. The van der Waals surface area contributed by atoms with Gasteiger partial charge in [-0.05, 0) is 167 Å². The molecule has 4 aromatic rings. The molecule has 0 radical (unpaired) electrons. The fourth-order valence-corrected chi connectivity index (χ4v) is 15.5. The van der Waals surface area contributed by atoms with Crippen LogP contribution in [0.2, 0.25) is 0 Å². The molecule has 0 saturated carbocycles. The molecule has 4 aromatic carbocycles. The van der Waals surface area contributed by atoms with Crippen LogP contribution in [0.1, 0.15) is 168 Å². The van der Waals surface area contributed by atoms with Crippen LogP contribution < -0.4 is 80.0 Å². The van der Waals surface area contributed by atoms with Crippen molar-refractivity contribution < 1.29 is 156 Å². The predicted molar refractivity (Wildman–Crippen MR) is 400 cm³/mol. The van der Waals surface area contributed by atoms with Crippen molar-refractivity contribution in [3.8, 4) is 0 Å². The van der Waals surface area contributed by atoms with Crippen LogP contribution in [0.3, 0.4) is 0 Å². The number of hydroxylamine groups is 2. The zero-order valence-corrected chi connectivity index (χ0v) is 71.0. The third kappa shape index (κ3) is 23.5. The van der Waals surface area contributed by atoms with Crippen LogP contribution in [0.25, 0.3) is 0 Å². The molecule has 0 spiro atoms. The van der Waals surface area contributed by atoms with Crippen LogP contribution in [0, 0.1) is 0 Å². The zero-order valence-electron chi connectivity index (χ0n) is 63.7. The standard InChI is InChI=1S/C36H40N3O9S2.C36H46N3O7S2.C4H11NO.2Na.2H2O/c1-35(2)27-23-25(50(45,46)47)16-18-28(27)37(5)30(35)12-8-6-9-13-31-36(3,4)26-22-24(49(43)44)15-17-29(26)38(31)21-11-7-10-14-34(42)48-39-32(40)19-20-33(39)41;1-35(2)29-25-27(48(44,45)46)18-20-30(29)38(5)32(35)14-8-6-9-15-33-36(3,4)28-24-26(47(42)43)17-19-31(28)39(33)22-12-7-10-16-34(41)37-21-11-13-23-40;5-3-1-2-4-6;;;;/h6,8-9,12-13,15-18,22-23H,7,10-11,14,19-21H2,1-5H3;6,8-9,14-15,17-20,24-25,40H,7,10-13,16,21-23H2,1-5H3,(H-,37,41,44,45,46);6H,1-5H2;;;2*1H2/q2*-1;;2*+1;;/p-2. The van der Waals surface area contributed by atoms with E-state index in [-0.39, 0.29) is 128 Å². The van der Waals surface area contributed by atoms with E-state index in [1.807, 2.05) is 138 Å². The summed E-state index contributed by atoms with van der Waals surface area (Å²) in [5, 5.41) is 20.5. The number of nitrogens with one attached hydrogen (secondary N) is 1. The van der Waals surface area contributed by atoms with E-state index in [0.717, 1.165) is 106 Å². The van der Waals surface area contributed by atoms with Crippen LogP contribution >= 0.6 is 0 Å². The fourth-order valence-electron chi connectivity index (χ4n) is 13.7. The molecule has 5 aliphatic rings. The summed E-state index contributed by atoms with van der Waals surface area (Å²) in [5.74, 6) is -1.64. The summed E-state index contributed by atoms with van der Waals surface area (Å²) in [4.78, 5) is 57.1. The minimum absolute atomic E-state index is 0. The molecule has 5 heterocycles. The predicted octanol–water partition coefficient (Wildman–Crippen LogP) is 4.11. The van der Waals surface area contributed by atoms with Crippen LogP contribution in [0.15, 0.2) is 165 Å². The third-order valence-electron chi connectivity index (χ3n) is 19.4. The van der Waals surface area contributed by atoms with Gasteiger partial charge in [-0.3, -0.25) is 14.4 Å². The summed E-state index contributed by atoms with van der Waals surface area (Å²) in [6, 6.07) is 19.2. The first-order valence-corrected chi connectivity index (χ1v) is 39.7. The van der Waals surface area contributed by atoms with E-state index in [1.54, 1.807) is 36.4 Å². The normalized spacial score (nSPS) is 17.2. The summed E-state index contributed by atoms with van der Waals surface area (Å²) >= 11 is 0. The summed E-state index contributed by atoms with van der Waals surface area (Å²) in [5.41, 5.74) is 13.7. The van der Waals surface area contributed by atoms with E-state index in [0.29, 0.717) is 63.3 Å². The number of aliphatic hydroxyl groups is 2. The van der Waals surface area contributed by atoms with Crippen molar-refractivity contribution in [3.05, 3.63) is 167 Å². The Bertz CT molecular complexity index is 4560. The molecule has 1 fully saturated rings. The van der Waals surface area contributed by atoms with Gasteiger partial charge in [-0.15, -0.1) is 5.06 Å². The van der Waals surface area contributed by atoms with Crippen molar-refractivity contribution in [2.45, 2.75) is 187 Å². The molecule has 3 amide bonds. The van der Waals surface area contributed by atoms with Crippen molar-refractivity contribution in [1.82, 2.24) is 10.4 Å². The number of aliphatic hydroxyl groups excluding tert-OH is 2. The summed E-state index contributed by atoms with van der Waals surface area (Å²) in [6.45, 7) is 19.1. The number of hydrogen-bond acceptors (Lipinski definition) is 24. The number of imide groups is 1. The number of nitrogens with zero attached hydrogens (tertiary/aromatic N) is 5. The Morgan fingerprint density at radius 1 is 0.546 bits per heavy atom. The molecular weight excluding hydrogens is 1490 g/mol. The van der Waals surface area contributed by atoms with Gasteiger partial charge in [-0.25, -0.2) is 21.6 Å². The van der Waals surface area contributed by atoms with Gasteiger partial charge in [-0.1, -0.05) is 111 Å². The number of unbranched alkanes of at least 4 members (excludes halogenated alkanes) is 6. The monoisotopic (exact) mass is 1590 g/mol. The number of carbonyl (C=O) groups is 4. The summed E-state index contributed by atoms with van der Waals surface area (Å²) in [6.07, 6.45) is 27.6. The topological polar surface area (TPSA) is 414 Å².